The fourth-order valence-electron chi connectivity index (χ4n) is 1.53. The predicted octanol–water partition coefficient (Wildman–Crippen LogP) is 2.12. The second kappa shape index (κ2) is 11.0. The molecular formula is C13H24O5. The third-order valence-electron chi connectivity index (χ3n) is 2.65. The second-order valence-corrected chi connectivity index (χ2v) is 4.38. The molecule has 0 unspecified atom stereocenters. The maximum atomic E-state index is 11.2. The van der Waals surface area contributed by atoms with Crippen molar-refractivity contribution in [2.24, 2.45) is 0 Å². The lowest BCUT2D eigenvalue weighted by atomic mass is 10.1. The normalized spacial score (nSPS) is 12.1. The summed E-state index contributed by atoms with van der Waals surface area (Å²) in [5.74, 6) is -1.75. The predicted molar refractivity (Wildman–Crippen MR) is 67.2 cm³/mol. The van der Waals surface area contributed by atoms with Gasteiger partial charge in [-0.05, 0) is 12.8 Å². The van der Waals surface area contributed by atoms with E-state index in [1.807, 2.05) is 0 Å². The van der Waals surface area contributed by atoms with Gasteiger partial charge in [0.15, 0.2) is 6.10 Å². The van der Waals surface area contributed by atoms with E-state index in [1.165, 1.54) is 19.3 Å². The van der Waals surface area contributed by atoms with Gasteiger partial charge in [-0.15, -0.1) is 0 Å². The van der Waals surface area contributed by atoms with Gasteiger partial charge in [0.1, 0.15) is 0 Å². The molecule has 5 heteroatoms. The zero-order valence-electron chi connectivity index (χ0n) is 11.1. The van der Waals surface area contributed by atoms with Crippen LogP contribution in [0.5, 0.6) is 0 Å². The lowest BCUT2D eigenvalue weighted by Crippen LogP contribution is -2.24. The second-order valence-electron chi connectivity index (χ2n) is 4.38. The van der Waals surface area contributed by atoms with Crippen molar-refractivity contribution >= 4 is 11.9 Å². The molecule has 18 heavy (non-hydrogen) atoms. The number of ether oxygens (including phenoxy) is 1. The number of esters is 1. The molecule has 0 spiro atoms. The molecule has 0 fully saturated rings. The Labute approximate surface area is 108 Å². The average molecular weight is 265 g/mol. The zero-order valence-corrected chi connectivity index (χ0v) is 11.1. The lowest BCUT2D eigenvalue weighted by Gasteiger charge is -2.09. The molecule has 0 aromatic carbocycles. The van der Waals surface area contributed by atoms with Crippen molar-refractivity contribution in [3.63, 3.8) is 0 Å². The van der Waals surface area contributed by atoms with Gasteiger partial charge < -0.3 is 14.9 Å². The van der Waals surface area contributed by atoms with E-state index in [-0.39, 0.29) is 12.8 Å². The Kier molecular flexibility index (Phi) is 10.3. The van der Waals surface area contributed by atoms with Crippen molar-refractivity contribution in [1.29, 1.82) is 0 Å². The summed E-state index contributed by atoms with van der Waals surface area (Å²) in [7, 11) is 0. The van der Waals surface area contributed by atoms with Gasteiger partial charge in [-0.2, -0.15) is 0 Å². The molecule has 0 aliphatic carbocycles. The molecule has 2 N–H and O–H groups in total. The molecule has 0 radical (unpaired) electrons. The van der Waals surface area contributed by atoms with Gasteiger partial charge in [-0.1, -0.05) is 39.0 Å². The summed E-state index contributed by atoms with van der Waals surface area (Å²) in [5, 5.41) is 17.7. The van der Waals surface area contributed by atoms with Crippen LogP contribution in [0.3, 0.4) is 0 Å². The van der Waals surface area contributed by atoms with E-state index in [9.17, 15) is 14.7 Å². The zero-order chi connectivity index (χ0) is 13.8. The molecule has 0 aliphatic rings. The minimum atomic E-state index is -1.32. The number of aliphatic carboxylic acids is 1. The van der Waals surface area contributed by atoms with Gasteiger partial charge in [-0.3, -0.25) is 4.79 Å². The fourth-order valence-corrected chi connectivity index (χ4v) is 1.53. The van der Waals surface area contributed by atoms with E-state index >= 15 is 0 Å². The van der Waals surface area contributed by atoms with E-state index in [0.29, 0.717) is 6.61 Å². The number of carboxylic acid groups (broad SMARTS) is 1. The Balaban J connectivity index is 3.43. The Hall–Kier alpha value is -1.10. The van der Waals surface area contributed by atoms with Crippen molar-refractivity contribution < 1.29 is 24.5 Å². The van der Waals surface area contributed by atoms with Crippen LogP contribution in [-0.2, 0) is 14.3 Å². The summed E-state index contributed by atoms with van der Waals surface area (Å²) >= 11 is 0. The number of aliphatic hydroxyl groups excluding tert-OH is 1. The van der Waals surface area contributed by atoms with Gasteiger partial charge in [0, 0.05) is 6.42 Å². The van der Waals surface area contributed by atoms with Crippen molar-refractivity contribution in [2.45, 2.75) is 64.4 Å². The number of carbonyl (C=O) groups excluding carboxylic acids is 1. The first-order valence-corrected chi connectivity index (χ1v) is 6.64. The maximum absolute atomic E-state index is 11.2. The summed E-state index contributed by atoms with van der Waals surface area (Å²) < 4.78 is 4.86. The average Bonchev–Trinajstić information content (AvgIpc) is 2.34. The molecule has 0 heterocycles. The van der Waals surface area contributed by atoms with Gasteiger partial charge in [-0.25, -0.2) is 4.79 Å². The van der Waals surface area contributed by atoms with Crippen LogP contribution in [0.4, 0.5) is 0 Å². The van der Waals surface area contributed by atoms with Crippen LogP contribution in [0, 0.1) is 0 Å². The third-order valence-corrected chi connectivity index (χ3v) is 2.65. The van der Waals surface area contributed by atoms with Crippen molar-refractivity contribution in [3.8, 4) is 0 Å². The first kappa shape index (κ1) is 16.9. The number of hydrogen-bond donors (Lipinski definition) is 2. The molecule has 0 rings (SSSR count). The highest BCUT2D eigenvalue weighted by atomic mass is 16.7. The van der Waals surface area contributed by atoms with E-state index in [0.717, 1.165) is 19.3 Å². The number of carbonyl (C=O) groups is 2. The van der Waals surface area contributed by atoms with Crippen LogP contribution in [0.2, 0.25) is 0 Å². The first-order chi connectivity index (χ1) is 8.57. The molecular weight excluding hydrogens is 241 g/mol. The maximum Gasteiger partial charge on any atom is 0.334 e. The molecule has 0 saturated heterocycles. The Morgan fingerprint density at radius 3 is 2.33 bits per heavy atom. The number of carboxylic acids is 1. The van der Waals surface area contributed by atoms with Crippen LogP contribution in [0.15, 0.2) is 0 Å². The van der Waals surface area contributed by atoms with E-state index in [1.54, 1.807) is 0 Å². The van der Waals surface area contributed by atoms with Gasteiger partial charge in [0.2, 0.25) is 0 Å². The van der Waals surface area contributed by atoms with Crippen LogP contribution >= 0.6 is 0 Å². The smallest absolute Gasteiger partial charge is 0.334 e. The summed E-state index contributed by atoms with van der Waals surface area (Å²) in [4.78, 5) is 21.5. The number of unbranched alkanes of at least 4 members (excludes halogenated alkanes) is 5. The molecule has 5 nitrogen and oxygen atoms in total. The number of rotatable bonds is 11. The summed E-state index contributed by atoms with van der Waals surface area (Å²) in [6.07, 6.45) is 4.93. The lowest BCUT2D eigenvalue weighted by molar-refractivity contribution is -0.154. The molecule has 0 bridgehead atoms. The van der Waals surface area contributed by atoms with Crippen molar-refractivity contribution in [3.05, 3.63) is 0 Å². The van der Waals surface area contributed by atoms with E-state index < -0.39 is 18.0 Å². The minimum absolute atomic E-state index is 0.0926. The quantitative estimate of drug-likeness (QED) is 0.339. The standard InChI is InChI=1S/C13H24O5/c1-2-3-4-5-6-7-10-18-13(17)11(14)8-9-12(15)16/h11,14H,2-10H2,1H3,(H,15,16)/t11-/m0/s1/i8+1,9+1,11+1,12+1,13+1. The van der Waals surface area contributed by atoms with E-state index in [4.69, 9.17) is 9.84 Å². The molecule has 106 valence electrons. The molecule has 0 aromatic heterocycles. The molecule has 0 aliphatic heterocycles. The number of aliphatic hydroxyl groups is 1. The van der Waals surface area contributed by atoms with Crippen LogP contribution in [-0.4, -0.2) is 34.9 Å². The van der Waals surface area contributed by atoms with Crippen LogP contribution in [0.1, 0.15) is 58.3 Å². The monoisotopic (exact) mass is 265 g/mol. The highest BCUT2D eigenvalue weighted by Crippen LogP contribution is 2.06. The SMILES string of the molecule is CCCCCCCCO[13C](=O)[13C@@H](O)[13CH2][13CH2][13C](=O)O. The summed E-state index contributed by atoms with van der Waals surface area (Å²) in [5.41, 5.74) is 0. The number of hydrogen-bond acceptors (Lipinski definition) is 4. The minimum Gasteiger partial charge on any atom is -0.481 e. The molecule has 0 saturated carbocycles. The van der Waals surface area contributed by atoms with Crippen molar-refractivity contribution in [2.75, 3.05) is 6.61 Å². The van der Waals surface area contributed by atoms with Crippen LogP contribution in [0.25, 0.3) is 0 Å². The Bertz CT molecular complexity index is 240. The van der Waals surface area contributed by atoms with E-state index in [2.05, 4.69) is 6.92 Å². The van der Waals surface area contributed by atoms with Crippen molar-refractivity contribution in [1.82, 2.24) is 0 Å². The van der Waals surface area contributed by atoms with Crippen LogP contribution < -0.4 is 0 Å². The largest absolute Gasteiger partial charge is 0.481 e. The summed E-state index contributed by atoms with van der Waals surface area (Å²) in [6, 6.07) is 0. The molecule has 0 aromatic rings. The molecule has 1 atom stereocenters. The fraction of sp³-hybridized carbons (Fsp3) is 0.846. The van der Waals surface area contributed by atoms with Gasteiger partial charge >= 0.3 is 11.9 Å². The third kappa shape index (κ3) is 10.1. The first-order valence-electron chi connectivity index (χ1n) is 6.64. The summed E-state index contributed by atoms with van der Waals surface area (Å²) in [6.45, 7) is 2.45. The topological polar surface area (TPSA) is 83.8 Å². The Morgan fingerprint density at radius 2 is 1.72 bits per heavy atom. The highest BCUT2D eigenvalue weighted by molar-refractivity contribution is 5.75. The molecule has 0 amide bonds. The Morgan fingerprint density at radius 1 is 1.11 bits per heavy atom. The van der Waals surface area contributed by atoms with Gasteiger partial charge in [0.25, 0.3) is 0 Å². The van der Waals surface area contributed by atoms with Gasteiger partial charge in [0.05, 0.1) is 6.61 Å². The highest BCUT2D eigenvalue weighted by Gasteiger charge is 2.17.